The second-order valence-corrected chi connectivity index (χ2v) is 7.31. The number of para-hydroxylation sites is 1. The van der Waals surface area contributed by atoms with E-state index in [1.54, 1.807) is 11.8 Å². The molecule has 2 rings (SSSR count). The number of ether oxygens (including phenoxy) is 1. The minimum atomic E-state index is -1.22. The minimum Gasteiger partial charge on any atom is -0.609 e. The van der Waals surface area contributed by atoms with Crippen LogP contribution in [0.25, 0.3) is 0 Å². The molecule has 0 spiro atoms. The van der Waals surface area contributed by atoms with Crippen LogP contribution in [-0.2, 0) is 16.0 Å². The Labute approximate surface area is 142 Å². The quantitative estimate of drug-likeness (QED) is 0.715. The van der Waals surface area contributed by atoms with Crippen molar-refractivity contribution >= 4 is 34.3 Å². The van der Waals surface area contributed by atoms with Crippen LogP contribution in [0.3, 0.4) is 0 Å². The van der Waals surface area contributed by atoms with Crippen LogP contribution in [0.5, 0.6) is 5.19 Å². The van der Waals surface area contributed by atoms with Crippen molar-refractivity contribution in [2.45, 2.75) is 32.0 Å². The highest BCUT2D eigenvalue weighted by molar-refractivity contribution is 7.91. The molecule has 1 unspecified atom stereocenters. The maximum atomic E-state index is 12.5. The predicted molar refractivity (Wildman–Crippen MR) is 91.4 cm³/mol. The highest BCUT2D eigenvalue weighted by Gasteiger charge is 2.21. The average molecular weight is 353 g/mol. The molecule has 8 heteroatoms. The molecule has 1 atom stereocenters. The third kappa shape index (κ3) is 4.66. The number of rotatable bonds is 7. The van der Waals surface area contributed by atoms with Gasteiger partial charge in [0, 0.05) is 34.4 Å². The van der Waals surface area contributed by atoms with E-state index >= 15 is 0 Å². The highest BCUT2D eigenvalue weighted by atomic mass is 32.2. The van der Waals surface area contributed by atoms with Crippen molar-refractivity contribution in [2.75, 3.05) is 17.3 Å². The molecule has 23 heavy (non-hydrogen) atoms. The molecular weight excluding hydrogens is 334 g/mol. The van der Waals surface area contributed by atoms with Crippen molar-refractivity contribution in [3.05, 3.63) is 30.3 Å². The lowest BCUT2D eigenvalue weighted by Crippen LogP contribution is -2.40. The van der Waals surface area contributed by atoms with Crippen molar-refractivity contribution in [2.24, 2.45) is 0 Å². The summed E-state index contributed by atoms with van der Waals surface area (Å²) in [6.07, 6.45) is 0. The standard InChI is InChI=1S/C15H19N3O3S2/c1-4-23(20)14-16-15(22-17-14)21-10-13(19)18(11(2)3)12-8-6-5-7-9-12/h5-9,11H,4,10H2,1-3H3. The molecule has 6 nitrogen and oxygen atoms in total. The number of hydrogen-bond acceptors (Lipinski definition) is 6. The summed E-state index contributed by atoms with van der Waals surface area (Å²) in [4.78, 5) is 18.2. The van der Waals surface area contributed by atoms with Gasteiger partial charge in [0.15, 0.2) is 6.61 Å². The molecule has 1 aromatic carbocycles. The molecule has 0 saturated carbocycles. The molecule has 0 radical (unpaired) electrons. The van der Waals surface area contributed by atoms with Crippen LogP contribution < -0.4 is 9.64 Å². The van der Waals surface area contributed by atoms with Crippen LogP contribution in [0.2, 0.25) is 0 Å². The number of amides is 1. The van der Waals surface area contributed by atoms with E-state index in [2.05, 4.69) is 9.36 Å². The summed E-state index contributed by atoms with van der Waals surface area (Å²) in [6, 6.07) is 9.44. The fourth-order valence-electron chi connectivity index (χ4n) is 1.99. The molecule has 0 saturated heterocycles. The van der Waals surface area contributed by atoms with Crippen molar-refractivity contribution in [3.8, 4) is 5.19 Å². The Hall–Kier alpha value is -1.64. The first-order valence-electron chi connectivity index (χ1n) is 7.25. The van der Waals surface area contributed by atoms with Crippen molar-refractivity contribution in [1.82, 2.24) is 9.36 Å². The Morgan fingerprint density at radius 1 is 1.39 bits per heavy atom. The number of carbonyl (C=O) groups is 1. The van der Waals surface area contributed by atoms with Crippen molar-refractivity contribution < 1.29 is 14.1 Å². The summed E-state index contributed by atoms with van der Waals surface area (Å²) >= 11 is -0.213. The first kappa shape index (κ1) is 17.7. The van der Waals surface area contributed by atoms with Crippen LogP contribution in [0.4, 0.5) is 5.69 Å². The van der Waals surface area contributed by atoms with E-state index in [-0.39, 0.29) is 28.9 Å². The molecule has 0 fully saturated rings. The van der Waals surface area contributed by atoms with Gasteiger partial charge in [0.1, 0.15) is 5.75 Å². The van der Waals surface area contributed by atoms with E-state index in [9.17, 15) is 9.35 Å². The Kier molecular flexibility index (Phi) is 6.37. The molecule has 0 bridgehead atoms. The third-order valence-electron chi connectivity index (χ3n) is 2.99. The molecule has 0 aliphatic heterocycles. The van der Waals surface area contributed by atoms with Crippen molar-refractivity contribution in [1.29, 1.82) is 0 Å². The summed E-state index contributed by atoms with van der Waals surface area (Å²) in [5.41, 5.74) is 0.820. The van der Waals surface area contributed by atoms with Gasteiger partial charge in [-0.2, -0.15) is 0 Å². The zero-order chi connectivity index (χ0) is 16.8. The fraction of sp³-hybridized carbons (Fsp3) is 0.400. The summed E-state index contributed by atoms with van der Waals surface area (Å²) in [5, 5.41) is 0.510. The first-order valence-corrected chi connectivity index (χ1v) is 9.34. The number of hydrogen-bond donors (Lipinski definition) is 0. The molecule has 124 valence electrons. The largest absolute Gasteiger partial charge is 0.609 e. The van der Waals surface area contributed by atoms with Gasteiger partial charge >= 0.3 is 5.16 Å². The van der Waals surface area contributed by atoms with E-state index in [0.29, 0.717) is 5.75 Å². The summed E-state index contributed by atoms with van der Waals surface area (Å²) in [7, 11) is 0. The molecule has 1 aromatic heterocycles. The van der Waals surface area contributed by atoms with Gasteiger partial charge in [-0.3, -0.25) is 4.79 Å². The summed E-state index contributed by atoms with van der Waals surface area (Å²) < 4.78 is 21.0. The molecule has 0 aliphatic rings. The van der Waals surface area contributed by atoms with Gasteiger partial charge in [-0.25, -0.2) is 0 Å². The highest BCUT2D eigenvalue weighted by Crippen LogP contribution is 2.20. The van der Waals surface area contributed by atoms with E-state index < -0.39 is 11.2 Å². The van der Waals surface area contributed by atoms with Crippen LogP contribution in [0, 0.1) is 0 Å². The zero-order valence-electron chi connectivity index (χ0n) is 13.3. The molecular formula is C15H19N3O3S2. The number of nitrogens with zero attached hydrogens (tertiary/aromatic N) is 3. The van der Waals surface area contributed by atoms with Gasteiger partial charge in [0.2, 0.25) is 0 Å². The maximum Gasteiger partial charge on any atom is 0.357 e. The van der Waals surface area contributed by atoms with Gasteiger partial charge in [-0.15, -0.1) is 9.36 Å². The second kappa shape index (κ2) is 8.28. The maximum absolute atomic E-state index is 12.5. The molecule has 0 N–H and O–H groups in total. The van der Waals surface area contributed by atoms with Crippen LogP contribution in [0.15, 0.2) is 35.5 Å². The zero-order valence-corrected chi connectivity index (χ0v) is 14.9. The normalized spacial score (nSPS) is 12.2. The van der Waals surface area contributed by atoms with Gasteiger partial charge in [-0.1, -0.05) is 18.2 Å². The number of aromatic nitrogens is 2. The van der Waals surface area contributed by atoms with Gasteiger partial charge in [0.05, 0.1) is 0 Å². The second-order valence-electron chi connectivity index (χ2n) is 4.96. The smallest absolute Gasteiger partial charge is 0.357 e. The van der Waals surface area contributed by atoms with E-state index in [1.165, 1.54) is 0 Å². The average Bonchev–Trinajstić information content (AvgIpc) is 3.02. The van der Waals surface area contributed by atoms with E-state index in [1.807, 2.05) is 44.2 Å². The van der Waals surface area contributed by atoms with Crippen molar-refractivity contribution in [3.63, 3.8) is 0 Å². The fourth-order valence-corrected chi connectivity index (χ4v) is 3.37. The first-order chi connectivity index (χ1) is 11.0. The molecule has 1 heterocycles. The topological polar surface area (TPSA) is 78.4 Å². The Morgan fingerprint density at radius 2 is 2.09 bits per heavy atom. The SMILES string of the molecule is CC[S+]([O-])c1nsc(OCC(=O)N(c2ccccc2)C(C)C)n1. The number of carbonyl (C=O) groups excluding carboxylic acids is 1. The summed E-state index contributed by atoms with van der Waals surface area (Å²) in [5.74, 6) is 0.282. The Bertz CT molecular complexity index is 634. The van der Waals surface area contributed by atoms with E-state index in [4.69, 9.17) is 4.74 Å². The third-order valence-corrected chi connectivity index (χ3v) is 4.85. The summed E-state index contributed by atoms with van der Waals surface area (Å²) in [6.45, 7) is 5.54. The molecule has 0 aliphatic carbocycles. The monoisotopic (exact) mass is 353 g/mol. The Morgan fingerprint density at radius 3 is 2.70 bits per heavy atom. The van der Waals surface area contributed by atoms with Gasteiger partial charge in [-0.05, 0) is 32.9 Å². The lowest BCUT2D eigenvalue weighted by Gasteiger charge is -2.26. The van der Waals surface area contributed by atoms with Crippen LogP contribution in [-0.4, -0.2) is 38.2 Å². The van der Waals surface area contributed by atoms with E-state index in [0.717, 1.165) is 17.2 Å². The molecule has 1 amide bonds. The minimum absolute atomic E-state index is 0.00563. The Balaban J connectivity index is 2.01. The van der Waals surface area contributed by atoms with Gasteiger partial charge < -0.3 is 14.2 Å². The number of anilines is 1. The number of benzene rings is 1. The van der Waals surface area contributed by atoms with Gasteiger partial charge in [0.25, 0.3) is 11.1 Å². The predicted octanol–water partition coefficient (Wildman–Crippen LogP) is 2.49. The molecule has 2 aromatic rings. The van der Waals surface area contributed by atoms with Crippen LogP contribution >= 0.6 is 11.5 Å². The lowest BCUT2D eigenvalue weighted by atomic mass is 10.2. The van der Waals surface area contributed by atoms with Crippen LogP contribution in [0.1, 0.15) is 20.8 Å². The lowest BCUT2D eigenvalue weighted by molar-refractivity contribution is -0.120.